The summed E-state index contributed by atoms with van der Waals surface area (Å²) in [5.41, 5.74) is 2.06. The van der Waals surface area contributed by atoms with Gasteiger partial charge < -0.3 is 15.5 Å². The first kappa shape index (κ1) is 18.9. The summed E-state index contributed by atoms with van der Waals surface area (Å²) >= 11 is 6.14. The second-order valence-electron chi connectivity index (χ2n) is 6.36. The maximum Gasteiger partial charge on any atom is 0.244 e. The average molecular weight is 386 g/mol. The van der Waals surface area contributed by atoms with E-state index in [1.807, 2.05) is 25.1 Å². The first-order chi connectivity index (χ1) is 13.0. The van der Waals surface area contributed by atoms with Gasteiger partial charge in [-0.25, -0.2) is 0 Å². The normalized spacial score (nSPS) is 14.1. The highest BCUT2D eigenvalue weighted by Crippen LogP contribution is 2.29. The van der Waals surface area contributed by atoms with Crippen LogP contribution in [0.2, 0.25) is 5.02 Å². The van der Waals surface area contributed by atoms with Gasteiger partial charge in [0.25, 0.3) is 0 Å². The lowest BCUT2D eigenvalue weighted by molar-refractivity contribution is -0.126. The molecule has 2 N–H and O–H groups in total. The van der Waals surface area contributed by atoms with E-state index in [1.165, 1.54) is 4.90 Å². The number of amides is 3. The van der Waals surface area contributed by atoms with Crippen LogP contribution in [0.25, 0.3) is 0 Å². The number of hydrogen-bond acceptors (Lipinski definition) is 3. The van der Waals surface area contributed by atoms with Gasteiger partial charge in [0.05, 0.1) is 17.4 Å². The quantitative estimate of drug-likeness (QED) is 0.829. The van der Waals surface area contributed by atoms with Crippen LogP contribution in [0.1, 0.15) is 31.4 Å². The molecule has 0 aromatic heterocycles. The molecule has 1 heterocycles. The fraction of sp³-hybridized carbons (Fsp3) is 0.250. The summed E-state index contributed by atoms with van der Waals surface area (Å²) in [6.07, 6.45) is 0.0522. The summed E-state index contributed by atoms with van der Waals surface area (Å²) in [6.45, 7) is 1.79. The Morgan fingerprint density at radius 1 is 1.15 bits per heavy atom. The predicted octanol–water partition coefficient (Wildman–Crippen LogP) is 3.28. The Morgan fingerprint density at radius 3 is 2.63 bits per heavy atom. The minimum atomic E-state index is -0.266. The van der Waals surface area contributed by atoms with Crippen LogP contribution in [0.15, 0.2) is 48.5 Å². The van der Waals surface area contributed by atoms with Crippen molar-refractivity contribution in [1.82, 2.24) is 5.32 Å². The molecule has 3 amide bonds. The molecule has 1 atom stereocenters. The molecule has 6 nitrogen and oxygen atoms in total. The van der Waals surface area contributed by atoms with Crippen molar-refractivity contribution in [3.8, 4) is 0 Å². The van der Waals surface area contributed by atoms with E-state index in [2.05, 4.69) is 10.6 Å². The summed E-state index contributed by atoms with van der Waals surface area (Å²) in [6, 6.07) is 14.1. The fourth-order valence-corrected chi connectivity index (χ4v) is 3.33. The highest BCUT2D eigenvalue weighted by atomic mass is 35.5. The van der Waals surface area contributed by atoms with Gasteiger partial charge in [-0.05, 0) is 30.7 Å². The molecule has 0 saturated carbocycles. The highest BCUT2D eigenvalue weighted by Gasteiger charge is 2.26. The lowest BCUT2D eigenvalue weighted by Gasteiger charge is -2.29. The molecule has 0 fully saturated rings. The molecule has 2 aromatic rings. The van der Waals surface area contributed by atoms with Crippen molar-refractivity contribution in [2.75, 3.05) is 16.8 Å². The number of anilines is 2. The van der Waals surface area contributed by atoms with E-state index in [0.29, 0.717) is 16.4 Å². The molecule has 7 heteroatoms. The van der Waals surface area contributed by atoms with E-state index in [4.69, 9.17) is 11.6 Å². The second-order valence-corrected chi connectivity index (χ2v) is 6.76. The molecule has 1 unspecified atom stereocenters. The zero-order valence-electron chi connectivity index (χ0n) is 14.9. The number of para-hydroxylation sites is 2. The van der Waals surface area contributed by atoms with E-state index in [0.717, 1.165) is 5.56 Å². The van der Waals surface area contributed by atoms with Gasteiger partial charge in [0, 0.05) is 17.9 Å². The first-order valence-corrected chi connectivity index (χ1v) is 9.06. The van der Waals surface area contributed by atoms with Crippen molar-refractivity contribution in [3.63, 3.8) is 0 Å². The zero-order chi connectivity index (χ0) is 19.4. The fourth-order valence-electron chi connectivity index (χ4n) is 3.03. The van der Waals surface area contributed by atoms with Gasteiger partial charge in [0.2, 0.25) is 17.7 Å². The Hall–Kier alpha value is -2.86. The maximum atomic E-state index is 12.6. The van der Waals surface area contributed by atoms with E-state index < -0.39 is 0 Å². The van der Waals surface area contributed by atoms with Crippen LogP contribution < -0.4 is 15.5 Å². The molecule has 1 aliphatic heterocycles. The molecule has 27 heavy (non-hydrogen) atoms. The molecule has 0 saturated heterocycles. The Labute approximate surface area is 162 Å². The zero-order valence-corrected chi connectivity index (χ0v) is 15.6. The lowest BCUT2D eigenvalue weighted by atomic mass is 10.1. The Kier molecular flexibility index (Phi) is 5.76. The van der Waals surface area contributed by atoms with Crippen LogP contribution in [0.5, 0.6) is 0 Å². The number of nitrogens with one attached hydrogen (secondary N) is 2. The van der Waals surface area contributed by atoms with Gasteiger partial charge in [-0.15, -0.1) is 0 Å². The van der Waals surface area contributed by atoms with E-state index >= 15 is 0 Å². The molecule has 0 radical (unpaired) electrons. The lowest BCUT2D eigenvalue weighted by Crippen LogP contribution is -2.42. The summed E-state index contributed by atoms with van der Waals surface area (Å²) < 4.78 is 0. The largest absolute Gasteiger partial charge is 0.350 e. The summed E-state index contributed by atoms with van der Waals surface area (Å²) in [7, 11) is 0. The molecule has 0 bridgehead atoms. The van der Waals surface area contributed by atoms with Crippen molar-refractivity contribution >= 4 is 40.7 Å². The first-order valence-electron chi connectivity index (χ1n) is 8.68. The Bertz CT molecular complexity index is 884. The number of nitrogens with zero attached hydrogens (tertiary/aromatic N) is 1. The van der Waals surface area contributed by atoms with Crippen molar-refractivity contribution in [3.05, 3.63) is 59.1 Å². The van der Waals surface area contributed by atoms with Crippen LogP contribution in [0, 0.1) is 0 Å². The summed E-state index contributed by atoms with van der Waals surface area (Å²) in [5.74, 6) is -0.762. The molecular formula is C20H20ClN3O3. The molecule has 1 aliphatic rings. The Balaban J connectivity index is 1.59. The van der Waals surface area contributed by atoms with E-state index in [9.17, 15) is 14.4 Å². The van der Waals surface area contributed by atoms with Gasteiger partial charge in [0.1, 0.15) is 6.54 Å². The van der Waals surface area contributed by atoms with Crippen molar-refractivity contribution < 1.29 is 14.4 Å². The van der Waals surface area contributed by atoms with Gasteiger partial charge in [-0.2, -0.15) is 0 Å². The third-order valence-electron chi connectivity index (χ3n) is 4.39. The summed E-state index contributed by atoms with van der Waals surface area (Å²) in [5, 5.41) is 6.17. The van der Waals surface area contributed by atoms with Gasteiger partial charge in [-0.3, -0.25) is 14.4 Å². The average Bonchev–Trinajstić information content (AvgIpc) is 2.65. The molecular weight excluding hydrogens is 366 g/mol. The van der Waals surface area contributed by atoms with Gasteiger partial charge >= 0.3 is 0 Å². The van der Waals surface area contributed by atoms with Crippen molar-refractivity contribution in [2.45, 2.75) is 25.8 Å². The Morgan fingerprint density at radius 2 is 1.85 bits per heavy atom. The minimum absolute atomic E-state index is 0.0166. The van der Waals surface area contributed by atoms with Crippen LogP contribution in [-0.2, 0) is 14.4 Å². The third kappa shape index (κ3) is 4.46. The van der Waals surface area contributed by atoms with Crippen molar-refractivity contribution in [1.29, 1.82) is 0 Å². The minimum Gasteiger partial charge on any atom is -0.350 e. The molecule has 2 aromatic carbocycles. The molecule has 3 rings (SSSR count). The standard InChI is InChI=1S/C20H20ClN3O3/c1-13(14-6-2-3-7-15(14)21)22-18(25)10-11-20(27)24-12-19(26)23-16-8-4-5-9-17(16)24/h2-9,13H,10-12H2,1H3,(H,22,25)(H,23,26). The van der Waals surface area contributed by atoms with Gasteiger partial charge in [0.15, 0.2) is 0 Å². The smallest absolute Gasteiger partial charge is 0.244 e. The van der Waals surface area contributed by atoms with Gasteiger partial charge in [-0.1, -0.05) is 41.9 Å². The third-order valence-corrected chi connectivity index (χ3v) is 4.73. The number of rotatable bonds is 5. The van der Waals surface area contributed by atoms with E-state index in [1.54, 1.807) is 30.3 Å². The molecule has 140 valence electrons. The topological polar surface area (TPSA) is 78.5 Å². The monoisotopic (exact) mass is 385 g/mol. The number of fused-ring (bicyclic) bond motifs is 1. The second kappa shape index (κ2) is 8.22. The number of benzene rings is 2. The predicted molar refractivity (Wildman–Crippen MR) is 105 cm³/mol. The van der Waals surface area contributed by atoms with Crippen molar-refractivity contribution in [2.24, 2.45) is 0 Å². The number of hydrogen-bond donors (Lipinski definition) is 2. The summed E-state index contributed by atoms with van der Waals surface area (Å²) in [4.78, 5) is 38.0. The number of carbonyl (C=O) groups excluding carboxylic acids is 3. The maximum absolute atomic E-state index is 12.6. The van der Waals surface area contributed by atoms with Crippen LogP contribution in [0.4, 0.5) is 11.4 Å². The highest BCUT2D eigenvalue weighted by molar-refractivity contribution is 6.31. The molecule has 0 spiro atoms. The van der Waals surface area contributed by atoms with E-state index in [-0.39, 0.29) is 43.1 Å². The molecule has 0 aliphatic carbocycles. The van der Waals surface area contributed by atoms with Crippen LogP contribution >= 0.6 is 11.6 Å². The van der Waals surface area contributed by atoms with Crippen LogP contribution in [-0.4, -0.2) is 24.3 Å². The number of halogens is 1. The number of carbonyl (C=O) groups is 3. The van der Waals surface area contributed by atoms with Crippen LogP contribution in [0.3, 0.4) is 0 Å². The SMILES string of the molecule is CC(NC(=O)CCC(=O)N1CC(=O)Nc2ccccc21)c1ccccc1Cl.